The molecular weight excluding hydrogens is 319 g/mol. The largest absolute Gasteiger partial charge is 0.493 e. The Kier molecular flexibility index (Phi) is 5.09. The Balaban J connectivity index is 1.79. The highest BCUT2D eigenvalue weighted by molar-refractivity contribution is 6.09. The summed E-state index contributed by atoms with van der Waals surface area (Å²) in [5.74, 6) is 0.456. The fourth-order valence-corrected chi connectivity index (χ4v) is 2.43. The van der Waals surface area contributed by atoms with Crippen molar-refractivity contribution < 1.29 is 18.7 Å². The van der Waals surface area contributed by atoms with E-state index in [9.17, 15) is 9.18 Å². The Morgan fingerprint density at radius 3 is 2.24 bits per heavy atom. The molecule has 0 aromatic heterocycles. The van der Waals surface area contributed by atoms with E-state index in [1.807, 2.05) is 30.3 Å². The van der Waals surface area contributed by atoms with Gasteiger partial charge in [0, 0.05) is 11.1 Å². The van der Waals surface area contributed by atoms with Crippen LogP contribution in [-0.2, 0) is 6.61 Å². The molecule has 0 amide bonds. The number of ether oxygens (including phenoxy) is 2. The number of hydrogen-bond acceptors (Lipinski definition) is 3. The Hall–Kier alpha value is -3.14. The van der Waals surface area contributed by atoms with E-state index in [4.69, 9.17) is 9.47 Å². The van der Waals surface area contributed by atoms with E-state index in [1.54, 1.807) is 18.2 Å². The molecule has 3 aromatic rings. The lowest BCUT2D eigenvalue weighted by atomic mass is 10.0. The molecule has 0 bridgehead atoms. The first-order chi connectivity index (χ1) is 12.2. The van der Waals surface area contributed by atoms with Gasteiger partial charge in [-0.1, -0.05) is 30.3 Å². The molecule has 3 nitrogen and oxygen atoms in total. The molecule has 0 N–H and O–H groups in total. The van der Waals surface area contributed by atoms with Crippen LogP contribution in [0, 0.1) is 5.82 Å². The zero-order valence-electron chi connectivity index (χ0n) is 13.7. The number of methoxy groups -OCH3 is 1. The first-order valence-corrected chi connectivity index (χ1v) is 7.82. The predicted octanol–water partition coefficient (Wildman–Crippen LogP) is 4.64. The van der Waals surface area contributed by atoms with Gasteiger partial charge < -0.3 is 9.47 Å². The van der Waals surface area contributed by atoms with Crippen molar-refractivity contribution in [3.05, 3.63) is 95.3 Å². The lowest BCUT2D eigenvalue weighted by molar-refractivity contribution is 0.103. The molecule has 0 atom stereocenters. The SMILES string of the molecule is COc1cc(C(=O)c2ccc(F)cc2)ccc1OCc1ccccc1. The van der Waals surface area contributed by atoms with Crippen molar-refractivity contribution in [1.29, 1.82) is 0 Å². The molecule has 0 fully saturated rings. The minimum atomic E-state index is -0.376. The molecule has 4 heteroatoms. The molecule has 0 unspecified atom stereocenters. The second-order valence-corrected chi connectivity index (χ2v) is 5.48. The van der Waals surface area contributed by atoms with Gasteiger partial charge in [0.15, 0.2) is 17.3 Å². The maximum absolute atomic E-state index is 13.0. The van der Waals surface area contributed by atoms with Crippen molar-refractivity contribution in [3.8, 4) is 11.5 Å². The van der Waals surface area contributed by atoms with Crippen LogP contribution in [0.25, 0.3) is 0 Å². The second-order valence-electron chi connectivity index (χ2n) is 5.48. The van der Waals surface area contributed by atoms with Crippen molar-refractivity contribution in [3.63, 3.8) is 0 Å². The number of benzene rings is 3. The molecule has 0 radical (unpaired) electrons. The van der Waals surface area contributed by atoms with Crippen LogP contribution in [0.2, 0.25) is 0 Å². The third-order valence-electron chi connectivity index (χ3n) is 3.77. The van der Waals surface area contributed by atoms with Gasteiger partial charge in [0.25, 0.3) is 0 Å². The molecule has 3 aromatic carbocycles. The van der Waals surface area contributed by atoms with Crippen molar-refractivity contribution >= 4 is 5.78 Å². The van der Waals surface area contributed by atoms with Gasteiger partial charge in [0.2, 0.25) is 0 Å². The molecule has 0 aliphatic heterocycles. The van der Waals surface area contributed by atoms with Crippen molar-refractivity contribution in [2.24, 2.45) is 0 Å². The van der Waals surface area contributed by atoms with Gasteiger partial charge in [0.05, 0.1) is 7.11 Å². The first kappa shape index (κ1) is 16.7. The van der Waals surface area contributed by atoms with E-state index < -0.39 is 0 Å². The molecule has 0 heterocycles. The van der Waals surface area contributed by atoms with Crippen LogP contribution in [0.15, 0.2) is 72.8 Å². The van der Waals surface area contributed by atoms with Crippen LogP contribution in [0.5, 0.6) is 11.5 Å². The van der Waals surface area contributed by atoms with Gasteiger partial charge in [-0.15, -0.1) is 0 Å². The topological polar surface area (TPSA) is 35.5 Å². The normalized spacial score (nSPS) is 10.3. The summed E-state index contributed by atoms with van der Waals surface area (Å²) in [5, 5.41) is 0. The summed E-state index contributed by atoms with van der Waals surface area (Å²) in [4.78, 5) is 12.5. The molecule has 3 rings (SSSR count). The molecule has 0 saturated carbocycles. The predicted molar refractivity (Wildman–Crippen MR) is 93.6 cm³/mol. The van der Waals surface area contributed by atoms with Gasteiger partial charge in [-0.25, -0.2) is 4.39 Å². The molecule has 0 saturated heterocycles. The van der Waals surface area contributed by atoms with Crippen molar-refractivity contribution in [2.75, 3.05) is 7.11 Å². The summed E-state index contributed by atoms with van der Waals surface area (Å²) in [6.07, 6.45) is 0. The van der Waals surface area contributed by atoms with Gasteiger partial charge >= 0.3 is 0 Å². The van der Waals surface area contributed by atoms with E-state index in [-0.39, 0.29) is 11.6 Å². The molecular formula is C21H17FO3. The van der Waals surface area contributed by atoms with Gasteiger partial charge in [-0.2, -0.15) is 0 Å². The maximum Gasteiger partial charge on any atom is 0.193 e. The highest BCUT2D eigenvalue weighted by Crippen LogP contribution is 2.29. The maximum atomic E-state index is 13.0. The van der Waals surface area contributed by atoms with Crippen LogP contribution in [0.4, 0.5) is 4.39 Å². The standard InChI is InChI=1S/C21H17FO3/c1-24-20-13-17(21(23)16-7-10-18(22)11-8-16)9-12-19(20)25-14-15-5-3-2-4-6-15/h2-13H,14H2,1H3. The molecule has 0 aliphatic carbocycles. The summed E-state index contributed by atoms with van der Waals surface area (Å²) >= 11 is 0. The van der Waals surface area contributed by atoms with E-state index in [0.717, 1.165) is 5.56 Å². The first-order valence-electron chi connectivity index (χ1n) is 7.82. The van der Waals surface area contributed by atoms with E-state index >= 15 is 0 Å². The fourth-order valence-electron chi connectivity index (χ4n) is 2.43. The van der Waals surface area contributed by atoms with Gasteiger partial charge in [0.1, 0.15) is 12.4 Å². The summed E-state index contributed by atoms with van der Waals surface area (Å²) in [6, 6.07) is 20.2. The highest BCUT2D eigenvalue weighted by Gasteiger charge is 2.13. The summed E-state index contributed by atoms with van der Waals surface area (Å²) in [6.45, 7) is 0.405. The second kappa shape index (κ2) is 7.62. The molecule has 0 aliphatic rings. The monoisotopic (exact) mass is 336 g/mol. The Bertz CT molecular complexity index is 858. The molecule has 0 spiro atoms. The zero-order chi connectivity index (χ0) is 17.6. The van der Waals surface area contributed by atoms with Crippen molar-refractivity contribution in [2.45, 2.75) is 6.61 Å². The lowest BCUT2D eigenvalue weighted by Crippen LogP contribution is -2.03. The third kappa shape index (κ3) is 4.04. The quantitative estimate of drug-likeness (QED) is 0.615. The fraction of sp³-hybridized carbons (Fsp3) is 0.0952. The average Bonchev–Trinajstić information content (AvgIpc) is 2.67. The van der Waals surface area contributed by atoms with Crippen LogP contribution < -0.4 is 9.47 Å². The van der Waals surface area contributed by atoms with Crippen LogP contribution in [0.3, 0.4) is 0 Å². The summed E-state index contributed by atoms with van der Waals surface area (Å²) in [5.41, 5.74) is 1.91. The van der Waals surface area contributed by atoms with Crippen LogP contribution in [0.1, 0.15) is 21.5 Å². The third-order valence-corrected chi connectivity index (χ3v) is 3.77. The summed E-state index contributed by atoms with van der Waals surface area (Å²) in [7, 11) is 1.52. The average molecular weight is 336 g/mol. The van der Waals surface area contributed by atoms with E-state index in [0.29, 0.717) is 29.2 Å². The van der Waals surface area contributed by atoms with Crippen LogP contribution >= 0.6 is 0 Å². The smallest absolute Gasteiger partial charge is 0.193 e. The molecule has 25 heavy (non-hydrogen) atoms. The van der Waals surface area contributed by atoms with E-state index in [1.165, 1.54) is 31.4 Å². The zero-order valence-corrected chi connectivity index (χ0v) is 13.7. The Labute approximate surface area is 145 Å². The number of ketones is 1. The van der Waals surface area contributed by atoms with Gasteiger partial charge in [-0.05, 0) is 48.0 Å². The Morgan fingerprint density at radius 1 is 0.880 bits per heavy atom. The van der Waals surface area contributed by atoms with Gasteiger partial charge in [-0.3, -0.25) is 4.79 Å². The molecule has 126 valence electrons. The number of rotatable bonds is 6. The van der Waals surface area contributed by atoms with Crippen molar-refractivity contribution in [1.82, 2.24) is 0 Å². The highest BCUT2D eigenvalue weighted by atomic mass is 19.1. The van der Waals surface area contributed by atoms with Crippen LogP contribution in [-0.4, -0.2) is 12.9 Å². The lowest BCUT2D eigenvalue weighted by Gasteiger charge is -2.12. The number of halogens is 1. The number of carbonyl (C=O) groups is 1. The summed E-state index contributed by atoms with van der Waals surface area (Å²) < 4.78 is 24.1. The Morgan fingerprint density at radius 2 is 1.56 bits per heavy atom. The van der Waals surface area contributed by atoms with E-state index in [2.05, 4.69) is 0 Å². The number of carbonyl (C=O) groups excluding carboxylic acids is 1. The minimum absolute atomic E-state index is 0.201. The minimum Gasteiger partial charge on any atom is -0.493 e. The number of hydrogen-bond donors (Lipinski definition) is 0.